The number of rotatable bonds is 3. The molecule has 1 fully saturated rings. The highest BCUT2D eigenvalue weighted by Crippen LogP contribution is 2.25. The minimum atomic E-state index is 0.782. The number of hydrogen-bond acceptors (Lipinski definition) is 2. The summed E-state index contributed by atoms with van der Waals surface area (Å²) < 4.78 is 0. The molecule has 0 unspecified atom stereocenters. The van der Waals surface area contributed by atoms with Gasteiger partial charge in [0.15, 0.2) is 0 Å². The van der Waals surface area contributed by atoms with E-state index in [1.54, 1.807) is 0 Å². The Labute approximate surface area is 74.3 Å². The van der Waals surface area contributed by atoms with Crippen LogP contribution in [0.1, 0.15) is 26.7 Å². The van der Waals surface area contributed by atoms with Crippen LogP contribution in [-0.4, -0.2) is 24.1 Å². The molecule has 0 aromatic carbocycles. The maximum absolute atomic E-state index is 3.57. The Morgan fingerprint density at radius 3 is 2.55 bits per heavy atom. The molecule has 0 saturated carbocycles. The normalized spacial score (nSPS) is 27.8. The first-order valence-electron chi connectivity index (χ1n) is 4.52. The van der Waals surface area contributed by atoms with Crippen molar-refractivity contribution in [1.82, 2.24) is 5.32 Å². The van der Waals surface area contributed by atoms with E-state index in [-0.39, 0.29) is 0 Å². The van der Waals surface area contributed by atoms with Gasteiger partial charge < -0.3 is 5.32 Å². The Morgan fingerprint density at radius 2 is 2.18 bits per heavy atom. The molecule has 2 atom stereocenters. The lowest BCUT2D eigenvalue weighted by atomic mass is 10.0. The highest BCUT2D eigenvalue weighted by atomic mass is 32.2. The fourth-order valence-corrected chi connectivity index (χ4v) is 3.00. The number of hydrogen-bond donors (Lipinski definition) is 1. The third-order valence-electron chi connectivity index (χ3n) is 2.42. The standard InChI is InChI=1S/C9H19NS/c1-7(2)9(11-3)8-5-4-6-10-8/h7-10H,4-6H2,1-3H3/t8-,9+/m0/s1. The van der Waals surface area contributed by atoms with Crippen molar-refractivity contribution in [2.45, 2.75) is 38.0 Å². The Bertz CT molecular complexity index is 108. The van der Waals surface area contributed by atoms with Gasteiger partial charge in [-0.3, -0.25) is 0 Å². The Balaban J connectivity index is 2.40. The van der Waals surface area contributed by atoms with Gasteiger partial charge in [-0.2, -0.15) is 11.8 Å². The van der Waals surface area contributed by atoms with Crippen molar-refractivity contribution in [3.63, 3.8) is 0 Å². The van der Waals surface area contributed by atoms with Gasteiger partial charge in [0.25, 0.3) is 0 Å². The molecule has 1 saturated heterocycles. The van der Waals surface area contributed by atoms with Gasteiger partial charge in [0.2, 0.25) is 0 Å². The molecule has 1 N–H and O–H groups in total. The van der Waals surface area contributed by atoms with Gasteiger partial charge in [-0.25, -0.2) is 0 Å². The molecule has 2 heteroatoms. The van der Waals surface area contributed by atoms with Gasteiger partial charge in [0, 0.05) is 11.3 Å². The van der Waals surface area contributed by atoms with Crippen molar-refractivity contribution in [1.29, 1.82) is 0 Å². The second kappa shape index (κ2) is 4.36. The smallest absolute Gasteiger partial charge is 0.0221 e. The molecule has 1 aliphatic heterocycles. The first-order chi connectivity index (χ1) is 5.25. The van der Waals surface area contributed by atoms with Crippen LogP contribution < -0.4 is 5.32 Å². The van der Waals surface area contributed by atoms with E-state index in [1.165, 1.54) is 19.4 Å². The summed E-state index contributed by atoms with van der Waals surface area (Å²) in [6, 6.07) is 0.782. The minimum Gasteiger partial charge on any atom is -0.313 e. The molecular formula is C9H19NS. The number of nitrogens with one attached hydrogen (secondary N) is 1. The summed E-state index contributed by atoms with van der Waals surface area (Å²) >= 11 is 2.01. The molecule has 1 aliphatic rings. The third-order valence-corrected chi connectivity index (χ3v) is 3.84. The first-order valence-corrected chi connectivity index (χ1v) is 5.80. The molecule has 1 heterocycles. The van der Waals surface area contributed by atoms with Crippen LogP contribution in [0.2, 0.25) is 0 Å². The molecule has 1 nitrogen and oxygen atoms in total. The molecule has 0 aliphatic carbocycles. The largest absolute Gasteiger partial charge is 0.313 e. The summed E-state index contributed by atoms with van der Waals surface area (Å²) in [6.45, 7) is 5.87. The summed E-state index contributed by atoms with van der Waals surface area (Å²) in [5.74, 6) is 0.806. The lowest BCUT2D eigenvalue weighted by Crippen LogP contribution is -2.35. The van der Waals surface area contributed by atoms with E-state index in [2.05, 4.69) is 25.4 Å². The van der Waals surface area contributed by atoms with Crippen molar-refractivity contribution >= 4 is 11.8 Å². The van der Waals surface area contributed by atoms with Crippen molar-refractivity contribution < 1.29 is 0 Å². The van der Waals surface area contributed by atoms with Crippen LogP contribution in [-0.2, 0) is 0 Å². The van der Waals surface area contributed by atoms with Gasteiger partial charge >= 0.3 is 0 Å². The fourth-order valence-electron chi connectivity index (χ4n) is 1.89. The molecule has 0 aromatic heterocycles. The molecule has 0 spiro atoms. The first kappa shape index (κ1) is 9.40. The summed E-state index contributed by atoms with van der Waals surface area (Å²) in [6.07, 6.45) is 4.98. The molecule has 66 valence electrons. The van der Waals surface area contributed by atoms with Crippen LogP contribution in [0.5, 0.6) is 0 Å². The van der Waals surface area contributed by atoms with Crippen molar-refractivity contribution in [3.8, 4) is 0 Å². The van der Waals surface area contributed by atoms with Crippen LogP contribution in [0, 0.1) is 5.92 Å². The van der Waals surface area contributed by atoms with E-state index in [4.69, 9.17) is 0 Å². The molecular weight excluding hydrogens is 154 g/mol. The van der Waals surface area contributed by atoms with Crippen LogP contribution in [0.4, 0.5) is 0 Å². The van der Waals surface area contributed by atoms with Crippen molar-refractivity contribution in [3.05, 3.63) is 0 Å². The molecule has 0 amide bonds. The second-order valence-corrected chi connectivity index (χ2v) is 4.66. The van der Waals surface area contributed by atoms with Crippen LogP contribution in [0.3, 0.4) is 0 Å². The van der Waals surface area contributed by atoms with Gasteiger partial charge in [-0.15, -0.1) is 0 Å². The van der Waals surface area contributed by atoms with Crippen molar-refractivity contribution in [2.24, 2.45) is 5.92 Å². The predicted octanol–water partition coefficient (Wildman–Crippen LogP) is 2.13. The summed E-state index contributed by atoms with van der Waals surface area (Å²) in [5, 5.41) is 4.39. The van der Waals surface area contributed by atoms with E-state index in [0.717, 1.165) is 17.2 Å². The molecule has 0 aromatic rings. The van der Waals surface area contributed by atoms with Crippen LogP contribution in [0.15, 0.2) is 0 Å². The second-order valence-electron chi connectivity index (χ2n) is 3.65. The molecule has 11 heavy (non-hydrogen) atoms. The monoisotopic (exact) mass is 173 g/mol. The van der Waals surface area contributed by atoms with E-state index in [9.17, 15) is 0 Å². The average Bonchev–Trinajstić information content (AvgIpc) is 2.40. The fraction of sp³-hybridized carbons (Fsp3) is 1.00. The SMILES string of the molecule is CS[C@H](C(C)C)[C@@H]1CCCN1. The van der Waals surface area contributed by atoms with Gasteiger partial charge in [0.1, 0.15) is 0 Å². The predicted molar refractivity (Wildman–Crippen MR) is 53.2 cm³/mol. The highest BCUT2D eigenvalue weighted by molar-refractivity contribution is 7.99. The lowest BCUT2D eigenvalue weighted by molar-refractivity contribution is 0.481. The zero-order valence-corrected chi connectivity index (χ0v) is 8.58. The van der Waals surface area contributed by atoms with E-state index < -0.39 is 0 Å². The quantitative estimate of drug-likeness (QED) is 0.701. The van der Waals surface area contributed by atoms with Crippen LogP contribution >= 0.6 is 11.8 Å². The Kier molecular flexibility index (Phi) is 3.73. The maximum Gasteiger partial charge on any atom is 0.0221 e. The summed E-state index contributed by atoms with van der Waals surface area (Å²) in [5.41, 5.74) is 0. The zero-order chi connectivity index (χ0) is 8.27. The summed E-state index contributed by atoms with van der Waals surface area (Å²) in [7, 11) is 0. The highest BCUT2D eigenvalue weighted by Gasteiger charge is 2.25. The Hall–Kier alpha value is 0.310. The van der Waals surface area contributed by atoms with Gasteiger partial charge in [-0.05, 0) is 31.6 Å². The van der Waals surface area contributed by atoms with Gasteiger partial charge in [-0.1, -0.05) is 13.8 Å². The van der Waals surface area contributed by atoms with E-state index in [0.29, 0.717) is 0 Å². The van der Waals surface area contributed by atoms with Crippen molar-refractivity contribution in [2.75, 3.05) is 12.8 Å². The topological polar surface area (TPSA) is 12.0 Å². The summed E-state index contributed by atoms with van der Waals surface area (Å²) in [4.78, 5) is 0. The number of thioether (sulfide) groups is 1. The lowest BCUT2D eigenvalue weighted by Gasteiger charge is -2.25. The minimum absolute atomic E-state index is 0.782. The van der Waals surface area contributed by atoms with E-state index in [1.807, 2.05) is 11.8 Å². The third kappa shape index (κ3) is 2.38. The maximum atomic E-state index is 3.57. The molecule has 1 rings (SSSR count). The molecule has 0 radical (unpaired) electrons. The zero-order valence-electron chi connectivity index (χ0n) is 7.76. The van der Waals surface area contributed by atoms with Gasteiger partial charge in [0.05, 0.1) is 0 Å². The van der Waals surface area contributed by atoms with E-state index >= 15 is 0 Å². The van der Waals surface area contributed by atoms with Crippen LogP contribution in [0.25, 0.3) is 0 Å². The Morgan fingerprint density at radius 1 is 1.45 bits per heavy atom. The average molecular weight is 173 g/mol. The molecule has 0 bridgehead atoms.